The second kappa shape index (κ2) is 11.4. The number of sulfonamides is 1. The fraction of sp³-hybridized carbons (Fsp3) is 0.480. The maximum atomic E-state index is 13.7. The van der Waals surface area contributed by atoms with Crippen LogP contribution < -0.4 is 5.32 Å². The van der Waals surface area contributed by atoms with Gasteiger partial charge < -0.3 is 10.2 Å². The van der Waals surface area contributed by atoms with E-state index < -0.39 is 15.4 Å². The maximum Gasteiger partial charge on any atom is 0.230 e. The average Bonchev–Trinajstić information content (AvgIpc) is 2.78. The Bertz CT molecular complexity index is 1160. The molecule has 1 aliphatic rings. The number of halogens is 3. The van der Waals surface area contributed by atoms with Crippen molar-refractivity contribution in [2.45, 2.75) is 44.7 Å². The van der Waals surface area contributed by atoms with Crippen LogP contribution in [-0.2, 0) is 20.2 Å². The molecule has 1 N–H and O–H groups in total. The van der Waals surface area contributed by atoms with Crippen LogP contribution in [0.4, 0.5) is 0 Å². The summed E-state index contributed by atoms with van der Waals surface area (Å²) >= 11 is 18.5. The van der Waals surface area contributed by atoms with E-state index >= 15 is 0 Å². The molecule has 0 radical (unpaired) electrons. The van der Waals surface area contributed by atoms with Crippen molar-refractivity contribution < 1.29 is 13.2 Å². The maximum absolute atomic E-state index is 13.7. The number of nitrogens with zero attached hydrogens (tertiary/aromatic N) is 2. The van der Waals surface area contributed by atoms with E-state index in [2.05, 4.69) is 10.2 Å². The first-order valence-corrected chi connectivity index (χ1v) is 14.5. The van der Waals surface area contributed by atoms with Crippen LogP contribution >= 0.6 is 34.8 Å². The van der Waals surface area contributed by atoms with Crippen LogP contribution in [0.2, 0.25) is 15.1 Å². The average molecular weight is 561 g/mol. The molecule has 1 fully saturated rings. The molecule has 3 atom stereocenters. The zero-order chi connectivity index (χ0) is 26.0. The van der Waals surface area contributed by atoms with E-state index in [1.165, 1.54) is 10.6 Å². The number of hydrogen-bond donors (Lipinski definition) is 1. The summed E-state index contributed by atoms with van der Waals surface area (Å²) in [5.74, 6) is -0.124. The zero-order valence-corrected chi connectivity index (χ0v) is 23.5. The Labute approximate surface area is 223 Å². The van der Waals surface area contributed by atoms with Crippen LogP contribution in [0, 0.1) is 0 Å². The lowest BCUT2D eigenvalue weighted by atomic mass is 9.78. The third-order valence-corrected chi connectivity index (χ3v) is 9.17. The second-order valence-electron chi connectivity index (χ2n) is 9.48. The molecule has 1 amide bonds. The number of nitrogens with one attached hydrogen (secondary N) is 1. The molecule has 3 unspecified atom stereocenters. The van der Waals surface area contributed by atoms with E-state index in [9.17, 15) is 13.2 Å². The Morgan fingerprint density at radius 2 is 1.77 bits per heavy atom. The molecule has 1 saturated heterocycles. The molecule has 0 aliphatic carbocycles. The molecule has 0 aromatic heterocycles. The smallest absolute Gasteiger partial charge is 0.230 e. The van der Waals surface area contributed by atoms with Crippen molar-refractivity contribution in [3.05, 3.63) is 68.7 Å². The third-order valence-electron chi connectivity index (χ3n) is 6.78. The minimum Gasteiger partial charge on any atom is -0.349 e. The summed E-state index contributed by atoms with van der Waals surface area (Å²) in [5.41, 5.74) is 0.840. The molecule has 35 heavy (non-hydrogen) atoms. The van der Waals surface area contributed by atoms with Gasteiger partial charge in [0.15, 0.2) is 0 Å². The van der Waals surface area contributed by atoms with Crippen LogP contribution in [0.25, 0.3) is 0 Å². The zero-order valence-electron chi connectivity index (χ0n) is 20.4. The van der Waals surface area contributed by atoms with E-state index in [1.54, 1.807) is 24.3 Å². The summed E-state index contributed by atoms with van der Waals surface area (Å²) in [6.45, 7) is 8.02. The number of carbonyl (C=O) groups is 1. The van der Waals surface area contributed by atoms with Crippen molar-refractivity contribution >= 4 is 50.7 Å². The SMILES string of the molecule is CC(NC(=O)C(C)(CCN1CCN(S(C)(=O)=O)C(C)C1)c1ccc(Cl)c(Cl)c1)c1ccc(Cl)cc1. The Kier molecular flexibility index (Phi) is 9.16. The topological polar surface area (TPSA) is 69.7 Å². The van der Waals surface area contributed by atoms with Gasteiger partial charge in [0.1, 0.15) is 0 Å². The lowest BCUT2D eigenvalue weighted by Crippen LogP contribution is -2.54. The molecule has 2 aromatic rings. The minimum atomic E-state index is -3.24. The molecular weight excluding hydrogens is 529 g/mol. The standard InChI is InChI=1S/C25H32Cl3N3O3S/c1-17-16-30(13-14-31(17)35(4,33)34)12-11-25(3,20-7-10-22(27)23(28)15-20)24(32)29-18(2)19-5-8-21(26)9-6-19/h5-10,15,17-18H,11-14,16H2,1-4H3,(H,29,32). The highest BCUT2D eigenvalue weighted by molar-refractivity contribution is 7.88. The van der Waals surface area contributed by atoms with Gasteiger partial charge in [0.25, 0.3) is 0 Å². The summed E-state index contributed by atoms with van der Waals surface area (Å²) in [6.07, 6.45) is 1.77. The summed E-state index contributed by atoms with van der Waals surface area (Å²) in [5, 5.41) is 4.61. The van der Waals surface area contributed by atoms with Gasteiger partial charge in [0.2, 0.25) is 15.9 Å². The lowest BCUT2D eigenvalue weighted by Gasteiger charge is -2.40. The van der Waals surface area contributed by atoms with Crippen LogP contribution in [0.15, 0.2) is 42.5 Å². The summed E-state index contributed by atoms with van der Waals surface area (Å²) in [7, 11) is -3.24. The van der Waals surface area contributed by atoms with Gasteiger partial charge in [-0.1, -0.05) is 53.0 Å². The molecule has 0 spiro atoms. The molecule has 0 saturated carbocycles. The van der Waals surface area contributed by atoms with E-state index in [1.807, 2.05) is 39.0 Å². The Morgan fingerprint density at radius 1 is 1.11 bits per heavy atom. The monoisotopic (exact) mass is 559 g/mol. The fourth-order valence-electron chi connectivity index (χ4n) is 4.51. The van der Waals surface area contributed by atoms with E-state index in [0.29, 0.717) is 47.7 Å². The van der Waals surface area contributed by atoms with Gasteiger partial charge in [0, 0.05) is 30.7 Å². The van der Waals surface area contributed by atoms with Crippen LogP contribution in [-0.4, -0.2) is 62.0 Å². The molecule has 6 nitrogen and oxygen atoms in total. The van der Waals surface area contributed by atoms with Crippen molar-refractivity contribution in [1.29, 1.82) is 0 Å². The van der Waals surface area contributed by atoms with E-state index in [4.69, 9.17) is 34.8 Å². The van der Waals surface area contributed by atoms with Crippen molar-refractivity contribution in [3.8, 4) is 0 Å². The predicted octanol–water partition coefficient (Wildman–Crippen LogP) is 5.14. The van der Waals surface area contributed by atoms with Gasteiger partial charge in [-0.15, -0.1) is 0 Å². The molecule has 2 aromatic carbocycles. The van der Waals surface area contributed by atoms with Gasteiger partial charge in [-0.25, -0.2) is 8.42 Å². The normalized spacial score (nSPS) is 20.3. The highest BCUT2D eigenvalue weighted by Crippen LogP contribution is 2.34. The first kappa shape index (κ1) is 28.2. The first-order chi connectivity index (χ1) is 16.3. The Hall–Kier alpha value is -1.35. The van der Waals surface area contributed by atoms with Crippen molar-refractivity contribution in [2.75, 3.05) is 32.4 Å². The van der Waals surface area contributed by atoms with Crippen molar-refractivity contribution in [2.24, 2.45) is 0 Å². The Balaban J connectivity index is 1.80. The minimum absolute atomic E-state index is 0.124. The van der Waals surface area contributed by atoms with Gasteiger partial charge in [-0.2, -0.15) is 4.31 Å². The van der Waals surface area contributed by atoms with Gasteiger partial charge in [-0.3, -0.25) is 4.79 Å². The molecule has 192 valence electrons. The fourth-order valence-corrected chi connectivity index (χ4v) is 6.07. The number of carbonyl (C=O) groups excluding carboxylic acids is 1. The van der Waals surface area contributed by atoms with Crippen LogP contribution in [0.1, 0.15) is 44.4 Å². The number of amides is 1. The quantitative estimate of drug-likeness (QED) is 0.486. The predicted molar refractivity (Wildman–Crippen MR) is 144 cm³/mol. The number of rotatable bonds is 8. The summed E-state index contributed by atoms with van der Waals surface area (Å²) in [6, 6.07) is 12.3. The molecule has 1 aliphatic heterocycles. The second-order valence-corrected chi connectivity index (χ2v) is 12.7. The van der Waals surface area contributed by atoms with Crippen LogP contribution in [0.3, 0.4) is 0 Å². The molecule has 10 heteroatoms. The molecule has 1 heterocycles. The van der Waals surface area contributed by atoms with E-state index in [0.717, 1.165) is 11.1 Å². The Morgan fingerprint density at radius 3 is 2.34 bits per heavy atom. The van der Waals surface area contributed by atoms with Crippen molar-refractivity contribution in [3.63, 3.8) is 0 Å². The highest BCUT2D eigenvalue weighted by atomic mass is 35.5. The first-order valence-electron chi connectivity index (χ1n) is 11.5. The summed E-state index contributed by atoms with van der Waals surface area (Å²) in [4.78, 5) is 15.9. The summed E-state index contributed by atoms with van der Waals surface area (Å²) < 4.78 is 25.6. The molecular formula is C25H32Cl3N3O3S. The van der Waals surface area contributed by atoms with Crippen LogP contribution in [0.5, 0.6) is 0 Å². The largest absolute Gasteiger partial charge is 0.349 e. The lowest BCUT2D eigenvalue weighted by molar-refractivity contribution is -0.127. The van der Waals surface area contributed by atoms with E-state index in [-0.39, 0.29) is 18.0 Å². The van der Waals surface area contributed by atoms with Gasteiger partial charge >= 0.3 is 0 Å². The van der Waals surface area contributed by atoms with Crippen molar-refractivity contribution in [1.82, 2.24) is 14.5 Å². The number of benzene rings is 2. The molecule has 3 rings (SSSR count). The number of piperazine rings is 1. The highest BCUT2D eigenvalue weighted by Gasteiger charge is 2.38. The number of hydrogen-bond acceptors (Lipinski definition) is 4. The van der Waals surface area contributed by atoms with Gasteiger partial charge in [-0.05, 0) is 69.1 Å². The third kappa shape index (κ3) is 6.90. The molecule has 0 bridgehead atoms. The van der Waals surface area contributed by atoms with Gasteiger partial charge in [0.05, 0.1) is 27.8 Å².